The summed E-state index contributed by atoms with van der Waals surface area (Å²) >= 11 is 0.968. The van der Waals surface area contributed by atoms with Crippen LogP contribution in [0.15, 0.2) is 77.6 Å². The number of nitrogens with one attached hydrogen (secondary N) is 1. The van der Waals surface area contributed by atoms with Gasteiger partial charge in [0.25, 0.3) is 0 Å². The minimum atomic E-state index is -0.973. The first-order valence-electron chi connectivity index (χ1n) is 12.5. The molecule has 1 aliphatic rings. The summed E-state index contributed by atoms with van der Waals surface area (Å²) in [5.41, 5.74) is 3.20. The molecule has 3 N–H and O–H groups in total. The molecular weight excluding hydrogens is 534 g/mol. The smallest absolute Gasteiger partial charge is 0.307 e. The van der Waals surface area contributed by atoms with E-state index >= 15 is 0 Å². The van der Waals surface area contributed by atoms with E-state index in [-0.39, 0.29) is 36.4 Å². The summed E-state index contributed by atoms with van der Waals surface area (Å²) in [6, 6.07) is 19.4. The van der Waals surface area contributed by atoms with E-state index in [1.165, 1.54) is 0 Å². The second-order valence-electron chi connectivity index (χ2n) is 9.06. The maximum atomic E-state index is 12.7. The van der Waals surface area contributed by atoms with Gasteiger partial charge in [0.2, 0.25) is 12.2 Å². The van der Waals surface area contributed by atoms with Gasteiger partial charge in [-0.25, -0.2) is 0 Å². The van der Waals surface area contributed by atoms with Crippen LogP contribution >= 0.6 is 11.3 Å². The second kappa shape index (κ2) is 12.1. The molecule has 1 aliphatic heterocycles. The Morgan fingerprint density at radius 3 is 2.42 bits per heavy atom. The molecule has 0 spiro atoms. The van der Waals surface area contributed by atoms with Crippen LogP contribution in [0.5, 0.6) is 28.9 Å². The van der Waals surface area contributed by atoms with Crippen LogP contribution in [0, 0.1) is 0 Å². The molecule has 40 heavy (non-hydrogen) atoms. The van der Waals surface area contributed by atoms with Gasteiger partial charge >= 0.3 is 4.87 Å². The number of carbonyl (C=O) groups is 1. The van der Waals surface area contributed by atoms with Crippen molar-refractivity contribution in [1.82, 2.24) is 4.98 Å². The maximum Gasteiger partial charge on any atom is 0.307 e. The predicted molar refractivity (Wildman–Crippen MR) is 150 cm³/mol. The van der Waals surface area contributed by atoms with Gasteiger partial charge in [0.1, 0.15) is 36.2 Å². The van der Waals surface area contributed by atoms with Crippen molar-refractivity contribution in [1.29, 1.82) is 0 Å². The van der Waals surface area contributed by atoms with Crippen molar-refractivity contribution in [2.24, 2.45) is 0 Å². The van der Waals surface area contributed by atoms with Crippen LogP contribution < -0.4 is 23.8 Å². The molecule has 2 heterocycles. The van der Waals surface area contributed by atoms with Crippen molar-refractivity contribution in [3.05, 3.63) is 104 Å². The number of thiazole rings is 1. The van der Waals surface area contributed by atoms with Gasteiger partial charge in [-0.15, -0.1) is 0 Å². The van der Waals surface area contributed by atoms with Crippen molar-refractivity contribution >= 4 is 22.7 Å². The third-order valence-electron chi connectivity index (χ3n) is 6.15. The van der Waals surface area contributed by atoms with Crippen LogP contribution in [0.4, 0.5) is 0 Å². The fourth-order valence-electron chi connectivity index (χ4n) is 4.15. The van der Waals surface area contributed by atoms with E-state index in [2.05, 4.69) is 4.98 Å². The Morgan fingerprint density at radius 1 is 0.975 bits per heavy atom. The zero-order chi connectivity index (χ0) is 28.1. The molecule has 0 saturated heterocycles. The molecule has 1 unspecified atom stereocenters. The van der Waals surface area contributed by atoms with Gasteiger partial charge in [-0.1, -0.05) is 35.6 Å². The molecular formula is C30H27NO8S. The number of ketones is 1. The van der Waals surface area contributed by atoms with Crippen molar-refractivity contribution < 1.29 is 34.0 Å². The van der Waals surface area contributed by atoms with Crippen LogP contribution in [0.1, 0.15) is 33.3 Å². The Hall–Kier alpha value is -4.54. The van der Waals surface area contributed by atoms with E-state index in [9.17, 15) is 19.8 Å². The third-order valence-corrected chi connectivity index (χ3v) is 7.02. The fraction of sp³-hybridized carbons (Fsp3) is 0.200. The Bertz CT molecular complexity index is 1590. The molecule has 0 radical (unpaired) electrons. The highest BCUT2D eigenvalue weighted by Gasteiger charge is 2.17. The van der Waals surface area contributed by atoms with Crippen molar-refractivity contribution in [2.45, 2.75) is 19.6 Å². The first kappa shape index (κ1) is 27.0. The summed E-state index contributed by atoms with van der Waals surface area (Å²) in [7, 11) is 0. The number of aromatic amines is 1. The lowest BCUT2D eigenvalue weighted by molar-refractivity contribution is 0.0223. The molecule has 1 atom stereocenters. The number of ether oxygens (including phenoxy) is 4. The van der Waals surface area contributed by atoms with E-state index in [0.717, 1.165) is 28.0 Å². The van der Waals surface area contributed by atoms with E-state index in [1.54, 1.807) is 48.5 Å². The van der Waals surface area contributed by atoms with Gasteiger partial charge in [0.05, 0.1) is 4.88 Å². The first-order valence-corrected chi connectivity index (χ1v) is 13.3. The molecule has 1 aromatic heterocycles. The summed E-state index contributed by atoms with van der Waals surface area (Å²) in [6.45, 7) is 2.30. The highest BCUT2D eigenvalue weighted by atomic mass is 32.1. The SMILES string of the molecule is CC1=CC(O)Oc2cc(OCCOc3cccc(C(=O)COc4ccc(Cc5sc(=O)[nH]c5O)cc4)c3)ccc21. The molecule has 10 heteroatoms. The molecule has 0 saturated carbocycles. The molecule has 0 amide bonds. The maximum absolute atomic E-state index is 12.7. The van der Waals surface area contributed by atoms with Crippen LogP contribution in [0.25, 0.3) is 5.57 Å². The Balaban J connectivity index is 1.08. The number of aromatic nitrogens is 1. The fourth-order valence-corrected chi connectivity index (χ4v) is 4.91. The summed E-state index contributed by atoms with van der Waals surface area (Å²) in [5, 5.41) is 19.5. The molecule has 0 bridgehead atoms. The number of aliphatic hydroxyl groups is 1. The first-order chi connectivity index (χ1) is 19.3. The highest BCUT2D eigenvalue weighted by Crippen LogP contribution is 2.34. The van der Waals surface area contributed by atoms with E-state index < -0.39 is 6.29 Å². The topological polar surface area (TPSA) is 127 Å². The molecule has 5 rings (SSSR count). The number of benzene rings is 3. The van der Waals surface area contributed by atoms with Gasteiger partial charge in [-0.05, 0) is 60.5 Å². The number of hydrogen-bond acceptors (Lipinski definition) is 9. The van der Waals surface area contributed by atoms with Gasteiger partial charge in [0, 0.05) is 23.6 Å². The summed E-state index contributed by atoms with van der Waals surface area (Å²) in [4.78, 5) is 26.7. The Kier molecular flexibility index (Phi) is 8.18. The number of aromatic hydroxyl groups is 1. The van der Waals surface area contributed by atoms with Gasteiger partial charge < -0.3 is 29.2 Å². The normalized spacial score (nSPS) is 14.1. The Labute approximate surface area is 233 Å². The molecule has 0 aliphatic carbocycles. The summed E-state index contributed by atoms with van der Waals surface area (Å²) in [6.07, 6.45) is 1.08. The van der Waals surface area contributed by atoms with Gasteiger partial charge in [-0.3, -0.25) is 14.6 Å². The lowest BCUT2D eigenvalue weighted by atomic mass is 10.0. The Morgan fingerprint density at radius 2 is 1.70 bits per heavy atom. The molecule has 206 valence electrons. The molecule has 3 aromatic carbocycles. The number of allylic oxidation sites excluding steroid dienone is 1. The third kappa shape index (κ3) is 6.71. The number of carbonyl (C=O) groups excluding carboxylic acids is 1. The van der Waals surface area contributed by atoms with Gasteiger partial charge in [-0.2, -0.15) is 0 Å². The molecule has 9 nitrogen and oxygen atoms in total. The monoisotopic (exact) mass is 561 g/mol. The van der Waals surface area contributed by atoms with Crippen LogP contribution in [0.3, 0.4) is 0 Å². The highest BCUT2D eigenvalue weighted by molar-refractivity contribution is 7.09. The second-order valence-corrected chi connectivity index (χ2v) is 10.1. The average Bonchev–Trinajstić information content (AvgIpc) is 3.26. The van der Waals surface area contributed by atoms with E-state index in [1.807, 2.05) is 31.2 Å². The number of hydrogen-bond donors (Lipinski definition) is 3. The number of rotatable bonds is 11. The minimum Gasteiger partial charge on any atom is -0.494 e. The number of aliphatic hydroxyl groups excluding tert-OH is 1. The van der Waals surface area contributed by atoms with Gasteiger partial charge in [0.15, 0.2) is 12.4 Å². The number of H-pyrrole nitrogens is 1. The van der Waals surface area contributed by atoms with Crippen molar-refractivity contribution in [3.63, 3.8) is 0 Å². The number of fused-ring (bicyclic) bond motifs is 1. The van der Waals surface area contributed by atoms with E-state index in [0.29, 0.717) is 39.9 Å². The number of Topliss-reactive ketones (excluding diaryl/α,β-unsaturated/α-hetero) is 1. The molecule has 4 aromatic rings. The largest absolute Gasteiger partial charge is 0.494 e. The van der Waals surface area contributed by atoms with Crippen LogP contribution in [-0.4, -0.2) is 47.1 Å². The molecule has 0 fully saturated rings. The predicted octanol–water partition coefficient (Wildman–Crippen LogP) is 4.57. The quantitative estimate of drug-likeness (QED) is 0.180. The zero-order valence-electron chi connectivity index (χ0n) is 21.6. The van der Waals surface area contributed by atoms with Crippen molar-refractivity contribution in [2.75, 3.05) is 19.8 Å². The standard InChI is InChI=1S/C30H27NO8S/c1-18-13-28(33)39-26-16-23(9-10-24(18)26)37-12-11-36-22-4-2-3-20(15-22)25(32)17-38-21-7-5-19(6-8-21)14-27-29(34)31-30(35)40-27/h2-10,13,15-16,28,33-34H,11-12,14,17H2,1H3,(H,31,35). The van der Waals surface area contributed by atoms with Crippen LogP contribution in [-0.2, 0) is 6.42 Å². The average molecular weight is 562 g/mol. The lowest BCUT2D eigenvalue weighted by Crippen LogP contribution is -2.17. The van der Waals surface area contributed by atoms with E-state index in [4.69, 9.17) is 18.9 Å². The summed E-state index contributed by atoms with van der Waals surface area (Å²) < 4.78 is 22.6. The summed E-state index contributed by atoms with van der Waals surface area (Å²) in [5.74, 6) is 1.91. The van der Waals surface area contributed by atoms with Crippen molar-refractivity contribution in [3.8, 4) is 28.9 Å². The minimum absolute atomic E-state index is 0.112. The van der Waals surface area contributed by atoms with Crippen LogP contribution in [0.2, 0.25) is 0 Å². The lowest BCUT2D eigenvalue weighted by Gasteiger charge is -2.21. The zero-order valence-corrected chi connectivity index (χ0v) is 22.4.